The molecular weight excluding hydrogens is 252 g/mol. The lowest BCUT2D eigenvalue weighted by Gasteiger charge is -2.42. The number of anilines is 2. The smallest absolute Gasteiger partial charge is 0.220 e. The number of carbonyl (C=O) groups is 1. The normalized spacial score (nSPS) is 25.6. The average molecular weight is 270 g/mol. The highest BCUT2D eigenvalue weighted by Gasteiger charge is 2.33. The molecule has 1 amide bonds. The van der Waals surface area contributed by atoms with Crippen LogP contribution in [0, 0.1) is 17.2 Å². The fraction of sp³-hybridized carbons (Fsp3) is 0.467. The summed E-state index contributed by atoms with van der Waals surface area (Å²) >= 11 is 0. The second-order valence-corrected chi connectivity index (χ2v) is 5.59. The van der Waals surface area contributed by atoms with Gasteiger partial charge in [0.2, 0.25) is 5.91 Å². The number of benzene rings is 1. The summed E-state index contributed by atoms with van der Waals surface area (Å²) in [5.74, 6) is 0.695. The molecule has 2 aliphatic heterocycles. The average Bonchev–Trinajstić information content (AvgIpc) is 2.46. The molecule has 0 saturated carbocycles. The van der Waals surface area contributed by atoms with Crippen molar-refractivity contribution in [2.75, 3.05) is 23.7 Å². The van der Waals surface area contributed by atoms with Crippen molar-refractivity contribution in [2.45, 2.75) is 25.3 Å². The predicted octanol–water partition coefficient (Wildman–Crippen LogP) is 1.25. The minimum Gasteiger partial charge on any atom is -0.398 e. The van der Waals surface area contributed by atoms with Crippen LogP contribution in [0.2, 0.25) is 0 Å². The van der Waals surface area contributed by atoms with E-state index < -0.39 is 0 Å². The molecule has 20 heavy (non-hydrogen) atoms. The quantitative estimate of drug-likeness (QED) is 0.752. The van der Waals surface area contributed by atoms with Crippen LogP contribution < -0.4 is 16.0 Å². The van der Waals surface area contributed by atoms with Gasteiger partial charge in [0.15, 0.2) is 0 Å². The monoisotopic (exact) mass is 270 g/mol. The van der Waals surface area contributed by atoms with Gasteiger partial charge in [-0.15, -0.1) is 0 Å². The van der Waals surface area contributed by atoms with Gasteiger partial charge in [-0.05, 0) is 37.0 Å². The summed E-state index contributed by atoms with van der Waals surface area (Å²) in [5, 5.41) is 12.0. The number of carbonyl (C=O) groups excluding carboxylic acids is 1. The van der Waals surface area contributed by atoms with Crippen LogP contribution in [0.3, 0.4) is 0 Å². The molecule has 3 rings (SSSR count). The number of rotatable bonds is 1. The molecule has 0 radical (unpaired) electrons. The van der Waals surface area contributed by atoms with Crippen LogP contribution in [-0.2, 0) is 4.79 Å². The first-order valence-corrected chi connectivity index (χ1v) is 7.01. The van der Waals surface area contributed by atoms with Crippen LogP contribution in [0.1, 0.15) is 24.8 Å². The second kappa shape index (κ2) is 5.04. The van der Waals surface area contributed by atoms with Crippen molar-refractivity contribution >= 4 is 17.3 Å². The summed E-state index contributed by atoms with van der Waals surface area (Å²) in [7, 11) is 0. The molecule has 0 bridgehead atoms. The highest BCUT2D eigenvalue weighted by atomic mass is 16.1. The third-order valence-electron chi connectivity index (χ3n) is 4.34. The highest BCUT2D eigenvalue weighted by Crippen LogP contribution is 2.30. The molecule has 104 valence electrons. The summed E-state index contributed by atoms with van der Waals surface area (Å²) in [6, 6.07) is 8.01. The first-order valence-electron chi connectivity index (χ1n) is 7.01. The van der Waals surface area contributed by atoms with Gasteiger partial charge < -0.3 is 16.0 Å². The Balaban J connectivity index is 1.75. The fourth-order valence-electron chi connectivity index (χ4n) is 3.19. The molecule has 2 fully saturated rings. The van der Waals surface area contributed by atoms with E-state index in [1.807, 2.05) is 12.1 Å². The maximum absolute atomic E-state index is 11.4. The number of nitrogens with two attached hydrogens (primary N) is 1. The van der Waals surface area contributed by atoms with Gasteiger partial charge in [0.1, 0.15) is 6.07 Å². The van der Waals surface area contributed by atoms with Crippen LogP contribution in [0.5, 0.6) is 0 Å². The number of hydrogen-bond donors (Lipinski definition) is 2. The minimum atomic E-state index is 0.183. The molecule has 1 aromatic rings. The van der Waals surface area contributed by atoms with Crippen molar-refractivity contribution in [3.63, 3.8) is 0 Å². The zero-order chi connectivity index (χ0) is 14.1. The Bertz CT molecular complexity index is 578. The van der Waals surface area contributed by atoms with Crippen LogP contribution in [-0.4, -0.2) is 25.0 Å². The molecule has 0 aromatic heterocycles. The van der Waals surface area contributed by atoms with Gasteiger partial charge in [0.05, 0.1) is 11.3 Å². The molecule has 5 nitrogen and oxygen atoms in total. The van der Waals surface area contributed by atoms with E-state index in [1.165, 1.54) is 0 Å². The number of nitrogens with zero attached hydrogens (tertiary/aromatic N) is 2. The van der Waals surface area contributed by atoms with E-state index in [2.05, 4.69) is 16.3 Å². The van der Waals surface area contributed by atoms with Gasteiger partial charge in [0.25, 0.3) is 0 Å². The molecule has 0 aliphatic carbocycles. The lowest BCUT2D eigenvalue weighted by molar-refractivity contribution is -0.124. The van der Waals surface area contributed by atoms with Crippen LogP contribution in [0.4, 0.5) is 11.4 Å². The zero-order valence-corrected chi connectivity index (χ0v) is 11.3. The van der Waals surface area contributed by atoms with E-state index in [0.717, 1.165) is 31.6 Å². The highest BCUT2D eigenvalue weighted by molar-refractivity contribution is 5.77. The molecule has 2 saturated heterocycles. The standard InChI is InChI=1S/C15H18N4O/c16-8-10-1-3-12(7-13(10)17)19-6-5-14-11(9-19)2-4-15(20)18-14/h1,3,7,11,14H,2,4-6,9,17H2,(H,18,20). The van der Waals surface area contributed by atoms with E-state index in [1.54, 1.807) is 6.07 Å². The summed E-state index contributed by atoms with van der Waals surface area (Å²) < 4.78 is 0. The van der Waals surface area contributed by atoms with Crippen LogP contribution in [0.15, 0.2) is 18.2 Å². The maximum Gasteiger partial charge on any atom is 0.220 e. The van der Waals surface area contributed by atoms with E-state index in [9.17, 15) is 4.79 Å². The van der Waals surface area contributed by atoms with Gasteiger partial charge in [-0.2, -0.15) is 5.26 Å². The molecular formula is C15H18N4O. The molecule has 5 heteroatoms. The maximum atomic E-state index is 11.4. The van der Waals surface area contributed by atoms with E-state index in [-0.39, 0.29) is 5.91 Å². The minimum absolute atomic E-state index is 0.183. The lowest BCUT2D eigenvalue weighted by Crippen LogP contribution is -2.54. The number of nitrogens with one attached hydrogen (secondary N) is 1. The summed E-state index contributed by atoms with van der Waals surface area (Å²) in [5.41, 5.74) is 8.00. The van der Waals surface area contributed by atoms with Crippen molar-refractivity contribution in [1.82, 2.24) is 5.32 Å². The summed E-state index contributed by atoms with van der Waals surface area (Å²) in [6.45, 7) is 1.85. The van der Waals surface area contributed by atoms with Gasteiger partial charge in [-0.25, -0.2) is 0 Å². The Labute approximate surface area is 118 Å². The van der Waals surface area contributed by atoms with Gasteiger partial charge >= 0.3 is 0 Å². The first-order chi connectivity index (χ1) is 9.67. The van der Waals surface area contributed by atoms with E-state index in [0.29, 0.717) is 29.6 Å². The van der Waals surface area contributed by atoms with Crippen molar-refractivity contribution in [1.29, 1.82) is 5.26 Å². The van der Waals surface area contributed by atoms with Crippen molar-refractivity contribution in [3.05, 3.63) is 23.8 Å². The van der Waals surface area contributed by atoms with Gasteiger partial charge in [0, 0.05) is 31.2 Å². The topological polar surface area (TPSA) is 82.2 Å². The Morgan fingerprint density at radius 2 is 2.25 bits per heavy atom. The molecule has 2 unspecified atom stereocenters. The number of piperidine rings is 2. The summed E-state index contributed by atoms with van der Waals surface area (Å²) in [4.78, 5) is 13.7. The fourth-order valence-corrected chi connectivity index (χ4v) is 3.19. The predicted molar refractivity (Wildman–Crippen MR) is 77.1 cm³/mol. The lowest BCUT2D eigenvalue weighted by atomic mass is 9.85. The van der Waals surface area contributed by atoms with Crippen LogP contribution in [0.25, 0.3) is 0 Å². The van der Waals surface area contributed by atoms with Crippen molar-refractivity contribution in [2.24, 2.45) is 5.92 Å². The number of nitrogen functional groups attached to an aromatic ring is 1. The van der Waals surface area contributed by atoms with Crippen molar-refractivity contribution < 1.29 is 4.79 Å². The van der Waals surface area contributed by atoms with Gasteiger partial charge in [-0.1, -0.05) is 0 Å². The van der Waals surface area contributed by atoms with Crippen LogP contribution >= 0.6 is 0 Å². The number of hydrogen-bond acceptors (Lipinski definition) is 4. The molecule has 2 heterocycles. The van der Waals surface area contributed by atoms with E-state index >= 15 is 0 Å². The third-order valence-corrected chi connectivity index (χ3v) is 4.34. The second-order valence-electron chi connectivity index (χ2n) is 5.59. The number of nitriles is 1. The Morgan fingerprint density at radius 3 is 3.00 bits per heavy atom. The largest absolute Gasteiger partial charge is 0.398 e. The molecule has 2 aliphatic rings. The molecule has 1 aromatic carbocycles. The van der Waals surface area contributed by atoms with E-state index in [4.69, 9.17) is 11.0 Å². The third kappa shape index (κ3) is 2.29. The Kier molecular flexibility index (Phi) is 3.23. The summed E-state index contributed by atoms with van der Waals surface area (Å²) in [6.07, 6.45) is 2.56. The zero-order valence-electron chi connectivity index (χ0n) is 11.3. The molecule has 3 N–H and O–H groups in total. The SMILES string of the molecule is N#Cc1ccc(N2CCC3NC(=O)CCC3C2)cc1N. The number of amides is 1. The Morgan fingerprint density at radius 1 is 1.40 bits per heavy atom. The first kappa shape index (κ1) is 12.8. The molecule has 2 atom stereocenters. The van der Waals surface area contributed by atoms with Gasteiger partial charge in [-0.3, -0.25) is 4.79 Å². The Hall–Kier alpha value is -2.22. The van der Waals surface area contributed by atoms with Crippen molar-refractivity contribution in [3.8, 4) is 6.07 Å². The molecule has 0 spiro atoms. The number of fused-ring (bicyclic) bond motifs is 1.